The van der Waals surface area contributed by atoms with E-state index in [0.717, 1.165) is 6.07 Å². The van der Waals surface area contributed by atoms with Gasteiger partial charge < -0.3 is 14.0 Å². The SMILES string of the molecule is COc1c(Cl)cc(Cl)cc1C(c1ccc(Cl)cc1S(=O)(=O)[O-])c1cc(Cl)cc(Cl)c1OC.[Na+]. The molecule has 0 aliphatic rings. The number of rotatable bonds is 6. The first-order chi connectivity index (χ1) is 15.0. The maximum Gasteiger partial charge on any atom is 1.00 e. The van der Waals surface area contributed by atoms with Crippen LogP contribution in [-0.2, 0) is 10.1 Å². The summed E-state index contributed by atoms with van der Waals surface area (Å²) in [7, 11) is -2.16. The van der Waals surface area contributed by atoms with E-state index in [1.165, 1.54) is 38.5 Å². The molecule has 0 aliphatic carbocycles. The van der Waals surface area contributed by atoms with Gasteiger partial charge in [0, 0.05) is 32.1 Å². The number of benzene rings is 3. The van der Waals surface area contributed by atoms with E-state index < -0.39 is 20.9 Å². The molecule has 0 saturated heterocycles. The van der Waals surface area contributed by atoms with E-state index in [0.29, 0.717) is 11.1 Å². The van der Waals surface area contributed by atoms with Gasteiger partial charge in [-0.05, 0) is 42.0 Å². The third kappa shape index (κ3) is 6.25. The molecule has 0 N–H and O–H groups in total. The van der Waals surface area contributed by atoms with Gasteiger partial charge in [-0.15, -0.1) is 0 Å². The first-order valence-electron chi connectivity index (χ1n) is 8.79. The molecule has 12 heteroatoms. The minimum atomic E-state index is -4.94. The van der Waals surface area contributed by atoms with Gasteiger partial charge in [0.2, 0.25) is 0 Å². The van der Waals surface area contributed by atoms with Crippen molar-refractivity contribution in [3.05, 3.63) is 84.3 Å². The van der Waals surface area contributed by atoms with Crippen molar-refractivity contribution in [2.75, 3.05) is 14.2 Å². The Hall–Kier alpha value is -0.380. The van der Waals surface area contributed by atoms with Crippen LogP contribution in [-0.4, -0.2) is 27.2 Å². The molecule has 170 valence electrons. The van der Waals surface area contributed by atoms with Crippen LogP contribution in [0.5, 0.6) is 11.5 Å². The number of ether oxygens (including phenoxy) is 2. The van der Waals surface area contributed by atoms with Crippen LogP contribution in [0.25, 0.3) is 0 Å². The normalized spacial score (nSPS) is 11.3. The van der Waals surface area contributed by atoms with Gasteiger partial charge in [0.15, 0.2) is 0 Å². The van der Waals surface area contributed by atoms with Crippen molar-refractivity contribution in [3.63, 3.8) is 0 Å². The van der Waals surface area contributed by atoms with Crippen LogP contribution in [0.1, 0.15) is 22.6 Å². The van der Waals surface area contributed by atoms with Crippen molar-refractivity contribution >= 4 is 68.1 Å². The molecule has 0 aliphatic heterocycles. The summed E-state index contributed by atoms with van der Waals surface area (Å²) >= 11 is 31.2. The molecular weight excluding hydrogens is 565 g/mol. The van der Waals surface area contributed by atoms with Gasteiger partial charge in [-0.1, -0.05) is 64.1 Å². The van der Waals surface area contributed by atoms with Crippen molar-refractivity contribution in [2.45, 2.75) is 10.8 Å². The predicted molar refractivity (Wildman–Crippen MR) is 126 cm³/mol. The standard InChI is InChI=1S/C21H15Cl5O5S.Na/c1-30-20-14(5-11(23)7-16(20)25)19(15-6-12(24)8-17(26)21(15)31-2)13-4-3-10(22)9-18(13)32(27,28)29;/h3-9,19H,1-2H3,(H,27,28,29);/q;+1/p-1. The monoisotopic (exact) mass is 576 g/mol. The largest absolute Gasteiger partial charge is 1.00 e. The van der Waals surface area contributed by atoms with E-state index in [1.54, 1.807) is 12.1 Å². The van der Waals surface area contributed by atoms with Gasteiger partial charge in [0.1, 0.15) is 21.6 Å². The molecule has 0 fully saturated rings. The second-order valence-electron chi connectivity index (χ2n) is 6.59. The van der Waals surface area contributed by atoms with Gasteiger partial charge in [0.05, 0.1) is 29.2 Å². The first kappa shape index (κ1) is 28.9. The number of hydrogen-bond acceptors (Lipinski definition) is 5. The first-order valence-corrected chi connectivity index (χ1v) is 12.1. The number of methoxy groups -OCH3 is 2. The molecule has 0 unspecified atom stereocenters. The molecule has 33 heavy (non-hydrogen) atoms. The minimum absolute atomic E-state index is 0. The molecule has 0 atom stereocenters. The number of halogens is 5. The zero-order valence-corrected chi connectivity index (χ0v) is 24.1. The summed E-state index contributed by atoms with van der Waals surface area (Å²) in [6.07, 6.45) is 0. The Morgan fingerprint density at radius 2 is 1.18 bits per heavy atom. The van der Waals surface area contributed by atoms with Gasteiger partial charge in [-0.2, -0.15) is 0 Å². The van der Waals surface area contributed by atoms with E-state index in [4.69, 9.17) is 67.5 Å². The van der Waals surface area contributed by atoms with E-state index in [9.17, 15) is 13.0 Å². The Balaban J connectivity index is 0.00000385. The van der Waals surface area contributed by atoms with Gasteiger partial charge >= 0.3 is 29.6 Å². The Bertz CT molecular complexity index is 1240. The molecule has 0 saturated carbocycles. The van der Waals surface area contributed by atoms with Crippen molar-refractivity contribution in [1.82, 2.24) is 0 Å². The predicted octanol–water partition coefficient (Wildman–Crippen LogP) is 4.06. The summed E-state index contributed by atoms with van der Waals surface area (Å²) in [6, 6.07) is 9.97. The summed E-state index contributed by atoms with van der Waals surface area (Å²) in [4.78, 5) is -0.536. The van der Waals surface area contributed by atoms with Crippen LogP contribution >= 0.6 is 58.0 Å². The maximum absolute atomic E-state index is 12.2. The molecule has 0 spiro atoms. The third-order valence-corrected chi connectivity index (χ3v) is 6.79. The zero-order chi connectivity index (χ0) is 23.8. The molecule has 3 aromatic rings. The molecule has 0 amide bonds. The van der Waals surface area contributed by atoms with Crippen molar-refractivity contribution in [3.8, 4) is 11.5 Å². The summed E-state index contributed by atoms with van der Waals surface area (Å²) in [6.45, 7) is 0. The average molecular weight is 579 g/mol. The molecule has 0 bridgehead atoms. The Labute approximate surface area is 238 Å². The van der Waals surface area contributed by atoms with Crippen LogP contribution in [0.15, 0.2) is 47.4 Å². The van der Waals surface area contributed by atoms with E-state index >= 15 is 0 Å². The zero-order valence-electron chi connectivity index (χ0n) is 17.5. The van der Waals surface area contributed by atoms with Gasteiger partial charge in [-0.25, -0.2) is 8.42 Å². The fraction of sp³-hybridized carbons (Fsp3) is 0.143. The molecule has 0 aromatic heterocycles. The quantitative estimate of drug-likeness (QED) is 0.251. The smallest absolute Gasteiger partial charge is 0.744 e. The number of hydrogen-bond donors (Lipinski definition) is 0. The average Bonchev–Trinajstić information content (AvgIpc) is 2.68. The fourth-order valence-corrected chi connectivity index (χ4v) is 5.64. The summed E-state index contributed by atoms with van der Waals surface area (Å²) in [5.41, 5.74) is 0.792. The van der Waals surface area contributed by atoms with E-state index in [-0.39, 0.29) is 71.7 Å². The summed E-state index contributed by atoms with van der Waals surface area (Å²) in [5, 5.41) is 0.918. The molecular formula is C21H14Cl5NaO5S. The van der Waals surface area contributed by atoms with Gasteiger partial charge in [-0.3, -0.25) is 0 Å². The Kier molecular flexibility index (Phi) is 10.1. The second-order valence-corrected chi connectivity index (χ2v) is 10.1. The molecule has 5 nitrogen and oxygen atoms in total. The molecule has 0 radical (unpaired) electrons. The van der Waals surface area contributed by atoms with Crippen LogP contribution in [0.3, 0.4) is 0 Å². The van der Waals surface area contributed by atoms with Crippen LogP contribution < -0.4 is 39.0 Å². The third-order valence-electron chi connectivity index (χ3n) is 4.66. The van der Waals surface area contributed by atoms with Crippen molar-refractivity contribution < 1.29 is 52.0 Å². The van der Waals surface area contributed by atoms with E-state index in [1.807, 2.05) is 0 Å². The summed E-state index contributed by atoms with van der Waals surface area (Å²) < 4.78 is 47.5. The van der Waals surface area contributed by atoms with Crippen LogP contribution in [0.2, 0.25) is 25.1 Å². The topological polar surface area (TPSA) is 75.7 Å². The summed E-state index contributed by atoms with van der Waals surface area (Å²) in [5.74, 6) is -0.560. The maximum atomic E-state index is 12.2. The Morgan fingerprint density at radius 3 is 1.58 bits per heavy atom. The van der Waals surface area contributed by atoms with Crippen molar-refractivity contribution in [2.24, 2.45) is 0 Å². The fourth-order valence-electron chi connectivity index (χ4n) is 3.49. The van der Waals surface area contributed by atoms with E-state index in [2.05, 4.69) is 0 Å². The van der Waals surface area contributed by atoms with Gasteiger partial charge in [0.25, 0.3) is 0 Å². The Morgan fingerprint density at radius 1 is 0.727 bits per heavy atom. The van der Waals surface area contributed by atoms with Crippen LogP contribution in [0, 0.1) is 0 Å². The second kappa shape index (κ2) is 11.6. The molecule has 0 heterocycles. The molecule has 3 aromatic carbocycles. The molecule has 3 rings (SSSR count). The van der Waals surface area contributed by atoms with Crippen LogP contribution in [0.4, 0.5) is 0 Å². The minimum Gasteiger partial charge on any atom is -0.744 e. The van der Waals surface area contributed by atoms with Crippen molar-refractivity contribution in [1.29, 1.82) is 0 Å².